The van der Waals surface area contributed by atoms with Crippen molar-refractivity contribution in [1.82, 2.24) is 0 Å². The molecular weight excluding hydrogens is 248 g/mol. The summed E-state index contributed by atoms with van der Waals surface area (Å²) in [6, 6.07) is 0. The van der Waals surface area contributed by atoms with Gasteiger partial charge in [0.25, 0.3) is 0 Å². The van der Waals surface area contributed by atoms with Crippen LogP contribution >= 0.6 is 0 Å². The van der Waals surface area contributed by atoms with E-state index in [9.17, 15) is 4.79 Å². The molecule has 2 heteroatoms. The summed E-state index contributed by atoms with van der Waals surface area (Å²) in [4.78, 5) is 10.5. The molecule has 0 amide bonds. The standard InChI is InChI=1S/C18H26O2/c1-12-10-14(3)18-15(11-12)9-8-13(2)16(18)6-4-5-7-17(19)20/h4-9,12-16,18H,10-11H2,1-3H3,(H,19,20)/b6-4+,7-5+/t12-,13-,14+,15-,16-,18-/m0/s1. The highest BCUT2D eigenvalue weighted by atomic mass is 16.4. The Morgan fingerprint density at radius 3 is 2.60 bits per heavy atom. The van der Waals surface area contributed by atoms with Crippen LogP contribution in [-0.4, -0.2) is 11.1 Å². The van der Waals surface area contributed by atoms with E-state index < -0.39 is 5.97 Å². The molecule has 20 heavy (non-hydrogen) atoms. The summed E-state index contributed by atoms with van der Waals surface area (Å²) in [7, 11) is 0. The zero-order valence-electron chi connectivity index (χ0n) is 12.7. The van der Waals surface area contributed by atoms with Gasteiger partial charge < -0.3 is 5.11 Å². The van der Waals surface area contributed by atoms with Gasteiger partial charge in [-0.25, -0.2) is 4.79 Å². The second-order valence-electron chi connectivity index (χ2n) is 6.70. The number of fused-ring (bicyclic) bond motifs is 1. The Morgan fingerprint density at radius 1 is 1.15 bits per heavy atom. The third-order valence-corrected chi connectivity index (χ3v) is 5.00. The average molecular weight is 274 g/mol. The number of hydrogen-bond donors (Lipinski definition) is 1. The molecule has 6 atom stereocenters. The van der Waals surface area contributed by atoms with Crippen molar-refractivity contribution in [1.29, 1.82) is 0 Å². The predicted molar refractivity (Wildman–Crippen MR) is 82.3 cm³/mol. The van der Waals surface area contributed by atoms with Crippen LogP contribution in [0.15, 0.2) is 36.5 Å². The molecule has 0 aromatic rings. The smallest absolute Gasteiger partial charge is 0.328 e. The molecule has 110 valence electrons. The fraction of sp³-hybridized carbons (Fsp3) is 0.611. The number of hydrogen-bond acceptors (Lipinski definition) is 1. The van der Waals surface area contributed by atoms with Gasteiger partial charge >= 0.3 is 5.97 Å². The largest absolute Gasteiger partial charge is 0.478 e. The lowest BCUT2D eigenvalue weighted by Gasteiger charge is -2.46. The molecule has 0 heterocycles. The number of allylic oxidation sites excluding steroid dienone is 5. The van der Waals surface area contributed by atoms with E-state index in [1.807, 2.05) is 6.08 Å². The van der Waals surface area contributed by atoms with Crippen LogP contribution < -0.4 is 0 Å². The molecule has 0 radical (unpaired) electrons. The predicted octanol–water partition coefficient (Wildman–Crippen LogP) is 4.30. The third-order valence-electron chi connectivity index (χ3n) is 5.00. The van der Waals surface area contributed by atoms with E-state index in [0.29, 0.717) is 23.7 Å². The van der Waals surface area contributed by atoms with Gasteiger partial charge in [0.2, 0.25) is 0 Å². The van der Waals surface area contributed by atoms with Crippen molar-refractivity contribution in [3.05, 3.63) is 36.5 Å². The first-order chi connectivity index (χ1) is 9.49. The van der Waals surface area contributed by atoms with E-state index in [-0.39, 0.29) is 0 Å². The molecule has 1 saturated carbocycles. The summed E-state index contributed by atoms with van der Waals surface area (Å²) >= 11 is 0. The highest BCUT2D eigenvalue weighted by Gasteiger charge is 2.40. The molecule has 2 aliphatic carbocycles. The van der Waals surface area contributed by atoms with Crippen molar-refractivity contribution in [3.63, 3.8) is 0 Å². The topological polar surface area (TPSA) is 37.3 Å². The second-order valence-corrected chi connectivity index (χ2v) is 6.70. The molecule has 1 N–H and O–H groups in total. The van der Waals surface area contributed by atoms with Gasteiger partial charge in [0.05, 0.1) is 0 Å². The Kier molecular flexibility index (Phi) is 4.85. The van der Waals surface area contributed by atoms with Crippen LogP contribution in [0.4, 0.5) is 0 Å². The number of aliphatic carboxylic acids is 1. The van der Waals surface area contributed by atoms with Crippen LogP contribution in [-0.2, 0) is 4.79 Å². The number of carbonyl (C=O) groups is 1. The molecule has 0 spiro atoms. The lowest BCUT2D eigenvalue weighted by Crippen LogP contribution is -2.38. The number of carboxylic acids is 1. The normalized spacial score (nSPS) is 41.1. The van der Waals surface area contributed by atoms with Crippen LogP contribution in [0.5, 0.6) is 0 Å². The average Bonchev–Trinajstić information content (AvgIpc) is 2.36. The lowest BCUT2D eigenvalue weighted by molar-refractivity contribution is -0.131. The maximum atomic E-state index is 10.5. The molecule has 0 aromatic carbocycles. The minimum absolute atomic E-state index is 0.533. The van der Waals surface area contributed by atoms with Crippen molar-refractivity contribution in [2.45, 2.75) is 33.6 Å². The molecule has 1 fully saturated rings. The van der Waals surface area contributed by atoms with Crippen molar-refractivity contribution in [3.8, 4) is 0 Å². The Morgan fingerprint density at radius 2 is 1.90 bits per heavy atom. The summed E-state index contributed by atoms with van der Waals surface area (Å²) in [5.74, 6) is 3.16. The molecule has 2 nitrogen and oxygen atoms in total. The zero-order valence-corrected chi connectivity index (χ0v) is 12.7. The van der Waals surface area contributed by atoms with Crippen LogP contribution in [0.3, 0.4) is 0 Å². The van der Waals surface area contributed by atoms with Gasteiger partial charge in [0.1, 0.15) is 0 Å². The Hall–Kier alpha value is -1.31. The summed E-state index contributed by atoms with van der Waals surface area (Å²) in [6.07, 6.45) is 14.4. The zero-order chi connectivity index (χ0) is 14.7. The second kappa shape index (κ2) is 6.43. The number of carboxylic acid groups (broad SMARTS) is 1. The Labute approximate surface area is 122 Å². The van der Waals surface area contributed by atoms with Crippen LogP contribution in [0.1, 0.15) is 33.6 Å². The Balaban J connectivity index is 2.14. The Bertz CT molecular complexity index is 433. The summed E-state index contributed by atoms with van der Waals surface area (Å²) in [6.45, 7) is 7.01. The quantitative estimate of drug-likeness (QED) is 0.473. The molecule has 0 bridgehead atoms. The highest BCUT2D eigenvalue weighted by Crippen LogP contribution is 2.48. The van der Waals surface area contributed by atoms with Gasteiger partial charge in [-0.3, -0.25) is 0 Å². The van der Waals surface area contributed by atoms with Gasteiger partial charge in [-0.15, -0.1) is 0 Å². The van der Waals surface area contributed by atoms with E-state index in [1.165, 1.54) is 18.9 Å². The van der Waals surface area contributed by atoms with Gasteiger partial charge in [0.15, 0.2) is 0 Å². The summed E-state index contributed by atoms with van der Waals surface area (Å²) in [5.41, 5.74) is 0. The van der Waals surface area contributed by atoms with Crippen molar-refractivity contribution in [2.24, 2.45) is 35.5 Å². The van der Waals surface area contributed by atoms with Gasteiger partial charge in [-0.1, -0.05) is 51.2 Å². The summed E-state index contributed by atoms with van der Waals surface area (Å²) in [5, 5.41) is 8.63. The minimum Gasteiger partial charge on any atom is -0.478 e. The minimum atomic E-state index is -0.885. The first-order valence-electron chi connectivity index (χ1n) is 7.75. The van der Waals surface area contributed by atoms with Gasteiger partial charge in [0, 0.05) is 6.08 Å². The molecule has 2 aliphatic rings. The molecule has 2 rings (SSSR count). The lowest BCUT2D eigenvalue weighted by atomic mass is 9.59. The first kappa shape index (κ1) is 15.1. The fourth-order valence-electron chi connectivity index (χ4n) is 4.23. The van der Waals surface area contributed by atoms with Crippen LogP contribution in [0.2, 0.25) is 0 Å². The fourth-order valence-corrected chi connectivity index (χ4v) is 4.23. The monoisotopic (exact) mass is 274 g/mol. The third kappa shape index (κ3) is 3.41. The van der Waals surface area contributed by atoms with Crippen molar-refractivity contribution < 1.29 is 9.90 Å². The summed E-state index contributed by atoms with van der Waals surface area (Å²) < 4.78 is 0. The van der Waals surface area contributed by atoms with Crippen LogP contribution in [0.25, 0.3) is 0 Å². The van der Waals surface area contributed by atoms with E-state index in [1.54, 1.807) is 6.08 Å². The molecular formula is C18H26O2. The van der Waals surface area contributed by atoms with Crippen molar-refractivity contribution in [2.75, 3.05) is 0 Å². The number of rotatable bonds is 3. The highest BCUT2D eigenvalue weighted by molar-refractivity contribution is 5.80. The molecule has 0 saturated heterocycles. The van der Waals surface area contributed by atoms with E-state index in [4.69, 9.17) is 5.11 Å². The first-order valence-corrected chi connectivity index (χ1v) is 7.75. The SMILES string of the molecule is C[C@H]1C[C@@H](C)[C@@H]2[C@@H](/C=C/C=C/C(=O)O)[C@@H](C)C=C[C@H]2C1. The van der Waals surface area contributed by atoms with E-state index in [2.05, 4.69) is 39.0 Å². The van der Waals surface area contributed by atoms with Gasteiger partial charge in [-0.2, -0.15) is 0 Å². The van der Waals surface area contributed by atoms with Crippen molar-refractivity contribution >= 4 is 5.97 Å². The van der Waals surface area contributed by atoms with Crippen LogP contribution in [0, 0.1) is 35.5 Å². The molecule has 0 aromatic heterocycles. The molecule has 0 unspecified atom stereocenters. The van der Waals surface area contributed by atoms with Gasteiger partial charge in [-0.05, 0) is 48.3 Å². The van der Waals surface area contributed by atoms with E-state index in [0.717, 1.165) is 11.8 Å². The van der Waals surface area contributed by atoms with E-state index >= 15 is 0 Å². The molecule has 0 aliphatic heterocycles. The maximum absolute atomic E-state index is 10.5. The maximum Gasteiger partial charge on any atom is 0.328 e.